The molecule has 0 aliphatic carbocycles. The third kappa shape index (κ3) is 3.02. The molecule has 0 aromatic carbocycles. The molecule has 1 amide bonds. The molecule has 1 N–H and O–H groups in total. The van der Waals surface area contributed by atoms with E-state index in [2.05, 4.69) is 10.3 Å². The smallest absolute Gasteiger partial charge is 0.233 e. The summed E-state index contributed by atoms with van der Waals surface area (Å²) in [5.41, 5.74) is -0.284. The number of amides is 1. The molecule has 0 aliphatic rings. The summed E-state index contributed by atoms with van der Waals surface area (Å²) >= 11 is 6.90. The first-order valence-electron chi connectivity index (χ1n) is 4.70. The molecular formula is C10H13ClN2O2S. The molecule has 0 unspecified atom stereocenters. The van der Waals surface area contributed by atoms with Crippen LogP contribution in [0.25, 0.3) is 0 Å². The summed E-state index contributed by atoms with van der Waals surface area (Å²) in [5, 5.41) is 4.68. The molecule has 0 aliphatic heterocycles. The van der Waals surface area contributed by atoms with Gasteiger partial charge in [-0.2, -0.15) is 0 Å². The lowest BCUT2D eigenvalue weighted by Gasteiger charge is -2.18. The van der Waals surface area contributed by atoms with Crippen LogP contribution in [0.4, 0.5) is 5.13 Å². The number of hydrogen-bond donors (Lipinski definition) is 1. The molecule has 0 spiro atoms. The van der Waals surface area contributed by atoms with Crippen molar-refractivity contribution in [3.63, 3.8) is 0 Å². The predicted molar refractivity (Wildman–Crippen MR) is 65.2 cm³/mol. The van der Waals surface area contributed by atoms with Gasteiger partial charge in [0.25, 0.3) is 0 Å². The predicted octanol–water partition coefficient (Wildman–Crippen LogP) is 2.55. The summed E-state index contributed by atoms with van der Waals surface area (Å²) in [5.74, 6) is -0.0932. The maximum absolute atomic E-state index is 11.7. The molecule has 0 fully saturated rings. The van der Waals surface area contributed by atoms with Gasteiger partial charge in [-0.05, 0) is 13.8 Å². The van der Waals surface area contributed by atoms with Gasteiger partial charge in [-0.3, -0.25) is 9.59 Å². The van der Waals surface area contributed by atoms with Crippen molar-refractivity contribution in [2.24, 2.45) is 5.41 Å². The summed E-state index contributed by atoms with van der Waals surface area (Å²) < 4.78 is 0. The second-order valence-corrected chi connectivity index (χ2v) is 5.19. The van der Waals surface area contributed by atoms with Crippen molar-refractivity contribution in [1.82, 2.24) is 4.98 Å². The van der Waals surface area contributed by atoms with Crippen LogP contribution in [-0.4, -0.2) is 22.6 Å². The molecular weight excluding hydrogens is 248 g/mol. The average molecular weight is 261 g/mol. The molecule has 16 heavy (non-hydrogen) atoms. The fourth-order valence-electron chi connectivity index (χ4n) is 0.820. The van der Waals surface area contributed by atoms with Crippen LogP contribution in [0.15, 0.2) is 5.38 Å². The monoisotopic (exact) mass is 260 g/mol. The first-order valence-corrected chi connectivity index (χ1v) is 6.12. The van der Waals surface area contributed by atoms with Crippen molar-refractivity contribution >= 4 is 39.8 Å². The molecule has 0 radical (unpaired) electrons. The van der Waals surface area contributed by atoms with Crippen molar-refractivity contribution in [3.8, 4) is 0 Å². The molecule has 0 atom stereocenters. The SMILES string of the molecule is CC(=O)c1csc(NC(=O)C(C)(C)CCl)n1. The lowest BCUT2D eigenvalue weighted by atomic mass is 9.95. The van der Waals surface area contributed by atoms with E-state index >= 15 is 0 Å². The number of hydrogen-bond acceptors (Lipinski definition) is 4. The fraction of sp³-hybridized carbons (Fsp3) is 0.500. The number of nitrogens with zero attached hydrogens (tertiary/aromatic N) is 1. The van der Waals surface area contributed by atoms with Gasteiger partial charge in [0, 0.05) is 18.2 Å². The highest BCUT2D eigenvalue weighted by Gasteiger charge is 2.27. The number of carbonyl (C=O) groups is 2. The van der Waals surface area contributed by atoms with Gasteiger partial charge in [0.15, 0.2) is 10.9 Å². The molecule has 88 valence electrons. The summed E-state index contributed by atoms with van der Waals surface area (Å²) in [4.78, 5) is 26.7. The maximum atomic E-state index is 11.7. The Morgan fingerprint density at radius 2 is 2.19 bits per heavy atom. The minimum absolute atomic E-state index is 0.117. The van der Waals surface area contributed by atoms with Gasteiger partial charge in [0.1, 0.15) is 5.69 Å². The van der Waals surface area contributed by atoms with Crippen LogP contribution < -0.4 is 5.32 Å². The second kappa shape index (κ2) is 4.93. The van der Waals surface area contributed by atoms with E-state index in [-0.39, 0.29) is 17.6 Å². The zero-order valence-electron chi connectivity index (χ0n) is 9.33. The minimum atomic E-state index is -0.649. The number of aromatic nitrogens is 1. The van der Waals surface area contributed by atoms with E-state index in [0.29, 0.717) is 10.8 Å². The third-order valence-corrected chi connectivity index (χ3v) is 3.46. The van der Waals surface area contributed by atoms with Gasteiger partial charge >= 0.3 is 0 Å². The Balaban J connectivity index is 2.74. The Labute approximate surface area is 103 Å². The lowest BCUT2D eigenvalue weighted by molar-refractivity contribution is -0.122. The number of thiazole rings is 1. The van der Waals surface area contributed by atoms with Crippen LogP contribution in [-0.2, 0) is 4.79 Å². The van der Waals surface area contributed by atoms with Gasteiger partial charge in [-0.15, -0.1) is 22.9 Å². The van der Waals surface area contributed by atoms with Gasteiger partial charge in [0.2, 0.25) is 5.91 Å². The quantitative estimate of drug-likeness (QED) is 0.669. The average Bonchev–Trinajstić information content (AvgIpc) is 2.66. The molecule has 6 heteroatoms. The number of nitrogens with one attached hydrogen (secondary N) is 1. The van der Waals surface area contributed by atoms with Crippen molar-refractivity contribution < 1.29 is 9.59 Å². The van der Waals surface area contributed by atoms with E-state index in [0.717, 1.165) is 0 Å². The Morgan fingerprint density at radius 1 is 1.56 bits per heavy atom. The van der Waals surface area contributed by atoms with Crippen LogP contribution in [0, 0.1) is 5.41 Å². The molecule has 1 aromatic rings. The van der Waals surface area contributed by atoms with Crippen molar-refractivity contribution in [2.75, 3.05) is 11.2 Å². The van der Waals surface area contributed by atoms with Crippen LogP contribution in [0.3, 0.4) is 0 Å². The summed E-state index contributed by atoms with van der Waals surface area (Å²) in [6.07, 6.45) is 0. The highest BCUT2D eigenvalue weighted by molar-refractivity contribution is 7.14. The van der Waals surface area contributed by atoms with Crippen LogP contribution in [0.2, 0.25) is 0 Å². The van der Waals surface area contributed by atoms with Gasteiger partial charge in [-0.1, -0.05) is 0 Å². The molecule has 4 nitrogen and oxygen atoms in total. The first kappa shape index (κ1) is 13.1. The van der Waals surface area contributed by atoms with Crippen molar-refractivity contribution in [3.05, 3.63) is 11.1 Å². The maximum Gasteiger partial charge on any atom is 0.233 e. The number of ketones is 1. The van der Waals surface area contributed by atoms with Gasteiger partial charge in [0.05, 0.1) is 5.41 Å². The molecule has 1 heterocycles. The normalized spacial score (nSPS) is 11.2. The number of halogens is 1. The highest BCUT2D eigenvalue weighted by atomic mass is 35.5. The second-order valence-electron chi connectivity index (χ2n) is 4.07. The summed E-state index contributed by atoms with van der Waals surface area (Å²) in [6.45, 7) is 4.92. The first-order chi connectivity index (χ1) is 7.36. The number of alkyl halides is 1. The summed E-state index contributed by atoms with van der Waals surface area (Å²) in [6, 6.07) is 0. The van der Waals surface area contributed by atoms with Crippen LogP contribution in [0.1, 0.15) is 31.3 Å². The Hall–Kier alpha value is -0.940. The Bertz CT molecular complexity index is 415. The van der Waals surface area contributed by atoms with E-state index in [1.807, 2.05) is 0 Å². The van der Waals surface area contributed by atoms with E-state index in [4.69, 9.17) is 11.6 Å². The molecule has 0 bridgehead atoms. The molecule has 1 aromatic heterocycles. The van der Waals surface area contributed by atoms with Crippen LogP contribution >= 0.6 is 22.9 Å². The highest BCUT2D eigenvalue weighted by Crippen LogP contribution is 2.22. The van der Waals surface area contributed by atoms with Crippen molar-refractivity contribution in [1.29, 1.82) is 0 Å². The molecule has 0 saturated carbocycles. The van der Waals surface area contributed by atoms with E-state index in [9.17, 15) is 9.59 Å². The lowest BCUT2D eigenvalue weighted by Crippen LogP contribution is -2.32. The Morgan fingerprint density at radius 3 is 2.62 bits per heavy atom. The van der Waals surface area contributed by atoms with Gasteiger partial charge < -0.3 is 5.32 Å². The number of rotatable bonds is 4. The largest absolute Gasteiger partial charge is 0.301 e. The fourth-order valence-corrected chi connectivity index (χ4v) is 1.69. The van der Waals surface area contributed by atoms with Crippen molar-refractivity contribution in [2.45, 2.75) is 20.8 Å². The summed E-state index contributed by atoms with van der Waals surface area (Å²) in [7, 11) is 0. The van der Waals surface area contributed by atoms with E-state index in [1.165, 1.54) is 18.3 Å². The van der Waals surface area contributed by atoms with E-state index in [1.54, 1.807) is 19.2 Å². The topological polar surface area (TPSA) is 59.1 Å². The number of anilines is 1. The molecule has 0 saturated heterocycles. The van der Waals surface area contributed by atoms with Crippen LogP contribution in [0.5, 0.6) is 0 Å². The molecule has 1 rings (SSSR count). The number of carbonyl (C=O) groups excluding carboxylic acids is 2. The Kier molecular flexibility index (Phi) is 4.04. The minimum Gasteiger partial charge on any atom is -0.301 e. The zero-order valence-corrected chi connectivity index (χ0v) is 10.9. The van der Waals surface area contributed by atoms with Gasteiger partial charge in [-0.25, -0.2) is 4.98 Å². The number of Topliss-reactive ketones (excluding diaryl/α,β-unsaturated/α-hetero) is 1. The standard InChI is InChI=1S/C10H13ClN2O2S/c1-6(14)7-4-16-9(12-7)13-8(15)10(2,3)5-11/h4H,5H2,1-3H3,(H,12,13,15). The van der Waals surface area contributed by atoms with E-state index < -0.39 is 5.41 Å². The third-order valence-electron chi connectivity index (χ3n) is 2.03. The zero-order chi connectivity index (χ0) is 12.3.